The molecule has 0 aliphatic rings. The van der Waals surface area contributed by atoms with Crippen molar-refractivity contribution in [2.75, 3.05) is 11.9 Å². The average molecular weight is 466 g/mol. The molecule has 166 valence electrons. The maximum absolute atomic E-state index is 12.5. The second-order valence-electron chi connectivity index (χ2n) is 6.55. The third-order valence-corrected chi connectivity index (χ3v) is 4.68. The topological polar surface area (TPSA) is 135 Å². The number of non-ortho nitro benzene ring substituents is 1. The smallest absolute Gasteiger partial charge is 0.338 e. The molecule has 0 bridgehead atoms. The minimum Gasteiger partial charge on any atom is -0.462 e. The zero-order valence-corrected chi connectivity index (χ0v) is 18.0. The predicted molar refractivity (Wildman–Crippen MR) is 120 cm³/mol. The first-order valence-electron chi connectivity index (χ1n) is 9.57. The van der Waals surface area contributed by atoms with E-state index < -0.39 is 16.8 Å². The van der Waals surface area contributed by atoms with Gasteiger partial charge in [-0.25, -0.2) is 4.79 Å². The number of nitro groups is 1. The number of halogens is 1. The normalized spacial score (nSPS) is 10.9. The van der Waals surface area contributed by atoms with Crippen LogP contribution >= 0.6 is 11.6 Å². The largest absolute Gasteiger partial charge is 0.462 e. The molecule has 0 atom stereocenters. The van der Waals surface area contributed by atoms with E-state index >= 15 is 0 Å². The summed E-state index contributed by atoms with van der Waals surface area (Å²) in [7, 11) is 0. The number of carbonyl (C=O) groups is 2. The number of hydrogen-bond acceptors (Lipinski definition) is 7. The Kier molecular flexibility index (Phi) is 7.23. The fourth-order valence-corrected chi connectivity index (χ4v) is 2.99. The molecule has 3 rings (SSSR count). The minimum atomic E-state index is -0.759. The van der Waals surface area contributed by atoms with Crippen LogP contribution < -0.4 is 5.32 Å². The second-order valence-corrected chi connectivity index (χ2v) is 6.95. The van der Waals surface area contributed by atoms with Crippen molar-refractivity contribution in [3.63, 3.8) is 0 Å². The fourth-order valence-electron chi connectivity index (χ4n) is 2.77. The Hall–Kier alpha value is -4.42. The molecule has 1 amide bonds. The summed E-state index contributed by atoms with van der Waals surface area (Å²) in [6.45, 7) is 2.00. The van der Waals surface area contributed by atoms with Crippen LogP contribution in [-0.2, 0) is 9.53 Å². The third kappa shape index (κ3) is 5.64. The van der Waals surface area contributed by atoms with Crippen LogP contribution in [0.5, 0.6) is 0 Å². The summed E-state index contributed by atoms with van der Waals surface area (Å²) in [4.78, 5) is 34.4. The number of nitro benzene ring substituents is 1. The maximum Gasteiger partial charge on any atom is 0.338 e. The molecule has 1 heterocycles. The molecule has 33 heavy (non-hydrogen) atoms. The highest BCUT2D eigenvalue weighted by molar-refractivity contribution is 6.34. The Balaban J connectivity index is 1.76. The van der Waals surface area contributed by atoms with E-state index in [-0.39, 0.29) is 34.3 Å². The lowest BCUT2D eigenvalue weighted by atomic mass is 10.1. The van der Waals surface area contributed by atoms with Gasteiger partial charge in [0.1, 0.15) is 23.2 Å². The van der Waals surface area contributed by atoms with Crippen molar-refractivity contribution in [1.82, 2.24) is 0 Å². The highest BCUT2D eigenvalue weighted by Crippen LogP contribution is 2.28. The highest BCUT2D eigenvalue weighted by atomic mass is 35.5. The van der Waals surface area contributed by atoms with E-state index in [9.17, 15) is 25.0 Å². The van der Waals surface area contributed by atoms with Gasteiger partial charge < -0.3 is 14.5 Å². The fraction of sp³-hybridized carbons (Fsp3) is 0.0870. The minimum absolute atomic E-state index is 0.0404. The zero-order valence-electron chi connectivity index (χ0n) is 17.2. The van der Waals surface area contributed by atoms with Crippen molar-refractivity contribution in [1.29, 1.82) is 5.26 Å². The van der Waals surface area contributed by atoms with Gasteiger partial charge in [0, 0.05) is 23.8 Å². The van der Waals surface area contributed by atoms with Gasteiger partial charge in [-0.05, 0) is 37.3 Å². The number of nitrogens with one attached hydrogen (secondary N) is 1. The number of esters is 1. The maximum atomic E-state index is 12.5. The van der Waals surface area contributed by atoms with Crippen LogP contribution in [0.15, 0.2) is 64.6 Å². The van der Waals surface area contributed by atoms with E-state index in [4.69, 9.17) is 20.8 Å². The van der Waals surface area contributed by atoms with E-state index in [1.807, 2.05) is 0 Å². The summed E-state index contributed by atoms with van der Waals surface area (Å²) in [6.07, 6.45) is 1.26. The predicted octanol–water partition coefficient (Wildman–Crippen LogP) is 5.23. The molecule has 0 aliphatic heterocycles. The van der Waals surface area contributed by atoms with Crippen molar-refractivity contribution in [3.8, 4) is 17.4 Å². The summed E-state index contributed by atoms with van der Waals surface area (Å²) in [6, 6.07) is 15.2. The summed E-state index contributed by atoms with van der Waals surface area (Å²) >= 11 is 5.98. The van der Waals surface area contributed by atoms with Crippen molar-refractivity contribution < 1.29 is 23.7 Å². The first-order chi connectivity index (χ1) is 15.8. The molecule has 0 spiro atoms. The molecule has 0 radical (unpaired) electrons. The number of benzene rings is 2. The third-order valence-electron chi connectivity index (χ3n) is 4.37. The summed E-state index contributed by atoms with van der Waals surface area (Å²) in [5, 5.41) is 22.6. The molecule has 3 aromatic rings. The number of amides is 1. The lowest BCUT2D eigenvalue weighted by Crippen LogP contribution is -2.13. The number of furan rings is 1. The number of anilines is 1. The van der Waals surface area contributed by atoms with Gasteiger partial charge in [0.25, 0.3) is 11.6 Å². The molecule has 0 aliphatic carbocycles. The van der Waals surface area contributed by atoms with Gasteiger partial charge in [-0.3, -0.25) is 14.9 Å². The first-order valence-corrected chi connectivity index (χ1v) is 9.94. The van der Waals surface area contributed by atoms with Crippen LogP contribution in [0.2, 0.25) is 5.02 Å². The van der Waals surface area contributed by atoms with Crippen molar-refractivity contribution in [2.24, 2.45) is 0 Å². The molecule has 0 fully saturated rings. The van der Waals surface area contributed by atoms with E-state index in [0.29, 0.717) is 16.9 Å². The lowest BCUT2D eigenvalue weighted by molar-refractivity contribution is -0.384. The second kappa shape index (κ2) is 10.3. The quantitative estimate of drug-likeness (QED) is 0.166. The number of carbonyl (C=O) groups excluding carboxylic acids is 2. The van der Waals surface area contributed by atoms with Gasteiger partial charge in [-0.1, -0.05) is 23.7 Å². The van der Waals surface area contributed by atoms with Gasteiger partial charge in [0.15, 0.2) is 0 Å². The van der Waals surface area contributed by atoms with Gasteiger partial charge in [-0.15, -0.1) is 0 Å². The Morgan fingerprint density at radius 3 is 2.55 bits per heavy atom. The zero-order chi connectivity index (χ0) is 24.0. The summed E-state index contributed by atoms with van der Waals surface area (Å²) in [5.74, 6) is -0.469. The number of nitriles is 1. The molecular formula is C23H16ClN3O6. The number of rotatable bonds is 7. The van der Waals surface area contributed by atoms with Crippen molar-refractivity contribution in [2.45, 2.75) is 6.92 Å². The standard InChI is InChI=1S/C23H16ClN3O6/c1-2-32-23(29)15-5-3-14(4-6-15)21-10-8-18(33-21)11-16(13-25)22(28)26-20-9-7-17(27(30)31)12-19(20)24/h3-12H,2H2,1H3,(H,26,28)/b16-11+. The molecule has 0 saturated carbocycles. The van der Waals surface area contributed by atoms with Crippen LogP contribution in [-0.4, -0.2) is 23.4 Å². The van der Waals surface area contributed by atoms with Crippen LogP contribution in [0.3, 0.4) is 0 Å². The number of ether oxygens (including phenoxy) is 1. The van der Waals surface area contributed by atoms with Gasteiger partial charge >= 0.3 is 5.97 Å². The van der Waals surface area contributed by atoms with E-state index in [0.717, 1.165) is 6.07 Å². The van der Waals surface area contributed by atoms with E-state index in [1.165, 1.54) is 18.2 Å². The molecule has 2 aromatic carbocycles. The molecule has 1 aromatic heterocycles. The molecule has 9 nitrogen and oxygen atoms in total. The van der Waals surface area contributed by atoms with Gasteiger partial charge in [0.2, 0.25) is 0 Å². The van der Waals surface area contributed by atoms with Crippen LogP contribution in [0.4, 0.5) is 11.4 Å². The molecule has 0 unspecified atom stereocenters. The average Bonchev–Trinajstić information content (AvgIpc) is 3.27. The number of nitrogens with zero attached hydrogens (tertiary/aromatic N) is 2. The van der Waals surface area contributed by atoms with Crippen molar-refractivity contribution in [3.05, 3.63) is 86.6 Å². The first kappa shape index (κ1) is 23.2. The highest BCUT2D eigenvalue weighted by Gasteiger charge is 2.15. The van der Waals surface area contributed by atoms with Crippen LogP contribution in [0, 0.1) is 21.4 Å². The SMILES string of the molecule is CCOC(=O)c1ccc(-c2ccc(/C=C(\C#N)C(=O)Nc3ccc([N+](=O)[O-])cc3Cl)o2)cc1. The Bertz CT molecular complexity index is 1290. The van der Waals surface area contributed by atoms with E-state index in [1.54, 1.807) is 49.4 Å². The Morgan fingerprint density at radius 2 is 1.94 bits per heavy atom. The lowest BCUT2D eigenvalue weighted by Gasteiger charge is -2.06. The van der Waals surface area contributed by atoms with Crippen LogP contribution in [0.25, 0.3) is 17.4 Å². The molecule has 10 heteroatoms. The molecule has 0 saturated heterocycles. The van der Waals surface area contributed by atoms with Gasteiger partial charge in [0.05, 0.1) is 27.8 Å². The van der Waals surface area contributed by atoms with Crippen molar-refractivity contribution >= 4 is 40.9 Å². The monoisotopic (exact) mass is 465 g/mol. The Morgan fingerprint density at radius 1 is 1.21 bits per heavy atom. The van der Waals surface area contributed by atoms with Gasteiger partial charge in [-0.2, -0.15) is 5.26 Å². The summed E-state index contributed by atoms with van der Waals surface area (Å²) in [5.41, 5.74) is 0.717. The molecule has 1 N–H and O–H groups in total. The van der Waals surface area contributed by atoms with E-state index in [2.05, 4.69) is 5.32 Å². The summed E-state index contributed by atoms with van der Waals surface area (Å²) < 4.78 is 10.6. The number of hydrogen-bond donors (Lipinski definition) is 1. The molecular weight excluding hydrogens is 450 g/mol. The van der Waals surface area contributed by atoms with Crippen LogP contribution in [0.1, 0.15) is 23.0 Å². The Labute approximate surface area is 193 Å².